The van der Waals surface area contributed by atoms with Crippen LogP contribution >= 0.6 is 0 Å². The Bertz CT molecular complexity index is 912. The van der Waals surface area contributed by atoms with Gasteiger partial charge in [0.15, 0.2) is 0 Å². The maximum absolute atomic E-state index is 5.05. The van der Waals surface area contributed by atoms with Crippen molar-refractivity contribution in [3.63, 3.8) is 0 Å². The fraction of sp³-hybridized carbons (Fsp3) is 0.400. The van der Waals surface area contributed by atoms with Gasteiger partial charge in [-0.05, 0) is 68.4 Å². The smallest absolute Gasteiger partial charge is 0.0712 e. The molecule has 1 aliphatic carbocycles. The molecule has 0 bridgehead atoms. The van der Waals surface area contributed by atoms with E-state index in [2.05, 4.69) is 69.3 Å². The lowest BCUT2D eigenvalue weighted by molar-refractivity contribution is 0.404. The van der Waals surface area contributed by atoms with Gasteiger partial charge in [0.2, 0.25) is 0 Å². The summed E-state index contributed by atoms with van der Waals surface area (Å²) in [6, 6.07) is 18.0. The second-order valence-corrected chi connectivity index (χ2v) is 8.18. The van der Waals surface area contributed by atoms with Gasteiger partial charge in [-0.3, -0.25) is 0 Å². The number of hydrogen-bond donors (Lipinski definition) is 0. The van der Waals surface area contributed by atoms with Crippen LogP contribution < -0.4 is 0 Å². The molecule has 1 nitrogen and oxygen atoms in total. The molecule has 1 aliphatic rings. The third-order valence-electron chi connectivity index (χ3n) is 6.11. The average Bonchev–Trinajstić information content (AvgIpc) is 3.10. The van der Waals surface area contributed by atoms with Crippen molar-refractivity contribution in [1.82, 2.24) is 4.98 Å². The molecule has 0 radical (unpaired) electrons. The minimum Gasteiger partial charge on any atom is -0.248 e. The number of benzene rings is 2. The van der Waals surface area contributed by atoms with Crippen molar-refractivity contribution in [3.8, 4) is 11.3 Å². The highest BCUT2D eigenvalue weighted by molar-refractivity contribution is 5.86. The molecule has 26 heavy (non-hydrogen) atoms. The Hall–Kier alpha value is -2.15. The first-order valence-electron chi connectivity index (χ1n) is 10.1. The molecule has 0 atom stereocenters. The quantitative estimate of drug-likeness (QED) is 0.491. The fourth-order valence-electron chi connectivity index (χ4n) is 5.09. The maximum atomic E-state index is 5.05. The van der Waals surface area contributed by atoms with Gasteiger partial charge in [0.05, 0.1) is 11.2 Å². The normalized spacial score (nSPS) is 16.3. The Morgan fingerprint density at radius 2 is 1.65 bits per heavy atom. The predicted octanol–water partition coefficient (Wildman–Crippen LogP) is 7.13. The molecule has 1 heterocycles. The van der Waals surface area contributed by atoms with Gasteiger partial charge in [0, 0.05) is 10.9 Å². The Balaban J connectivity index is 1.84. The molecule has 0 spiro atoms. The van der Waals surface area contributed by atoms with Crippen LogP contribution in [-0.2, 0) is 5.41 Å². The van der Waals surface area contributed by atoms with Crippen LogP contribution in [0.4, 0.5) is 0 Å². The minimum atomic E-state index is 0.372. The molecular weight excluding hydrogens is 314 g/mol. The molecule has 1 heteroatoms. The van der Waals surface area contributed by atoms with Crippen molar-refractivity contribution < 1.29 is 0 Å². The summed E-state index contributed by atoms with van der Waals surface area (Å²) < 4.78 is 0. The minimum absolute atomic E-state index is 0.372. The summed E-state index contributed by atoms with van der Waals surface area (Å²) >= 11 is 0. The topological polar surface area (TPSA) is 12.9 Å². The highest BCUT2D eigenvalue weighted by Gasteiger charge is 2.35. The summed E-state index contributed by atoms with van der Waals surface area (Å²) in [7, 11) is 0. The van der Waals surface area contributed by atoms with E-state index in [1.54, 1.807) is 0 Å². The van der Waals surface area contributed by atoms with E-state index in [-0.39, 0.29) is 0 Å². The van der Waals surface area contributed by atoms with Crippen LogP contribution in [0.15, 0.2) is 48.5 Å². The summed E-state index contributed by atoms with van der Waals surface area (Å²) in [6.07, 6.45) is 7.95. The van der Waals surface area contributed by atoms with Crippen LogP contribution in [0.1, 0.15) is 62.1 Å². The van der Waals surface area contributed by atoms with E-state index in [1.807, 2.05) is 0 Å². The highest BCUT2D eigenvalue weighted by atomic mass is 14.7. The molecule has 4 rings (SSSR count). The van der Waals surface area contributed by atoms with Crippen molar-refractivity contribution in [1.29, 1.82) is 0 Å². The molecule has 3 aromatic rings. The van der Waals surface area contributed by atoms with Gasteiger partial charge < -0.3 is 0 Å². The molecule has 0 saturated heterocycles. The number of aromatic nitrogens is 1. The van der Waals surface area contributed by atoms with Crippen molar-refractivity contribution >= 4 is 10.9 Å². The van der Waals surface area contributed by atoms with Gasteiger partial charge >= 0.3 is 0 Å². The Kier molecular flexibility index (Phi) is 4.56. The first kappa shape index (κ1) is 17.3. The summed E-state index contributed by atoms with van der Waals surface area (Å²) in [5, 5.41) is 1.36. The SMILES string of the molecule is CCCC1(c2cccc3nc(-c4cc(C)cc(C)c4)ccc23)CCCC1. The van der Waals surface area contributed by atoms with E-state index in [4.69, 9.17) is 4.98 Å². The number of aryl methyl sites for hydroxylation is 2. The van der Waals surface area contributed by atoms with Gasteiger partial charge in [-0.1, -0.05) is 61.6 Å². The fourth-order valence-corrected chi connectivity index (χ4v) is 5.09. The highest BCUT2D eigenvalue weighted by Crippen LogP contribution is 2.46. The number of pyridine rings is 1. The number of rotatable bonds is 4. The van der Waals surface area contributed by atoms with E-state index in [9.17, 15) is 0 Å². The van der Waals surface area contributed by atoms with Crippen LogP contribution in [0, 0.1) is 13.8 Å². The zero-order valence-corrected chi connectivity index (χ0v) is 16.3. The summed E-state index contributed by atoms with van der Waals surface area (Å²) in [4.78, 5) is 5.05. The van der Waals surface area contributed by atoms with E-state index >= 15 is 0 Å². The second kappa shape index (κ2) is 6.87. The van der Waals surface area contributed by atoms with Crippen molar-refractivity contribution in [2.75, 3.05) is 0 Å². The molecule has 2 aromatic carbocycles. The second-order valence-electron chi connectivity index (χ2n) is 8.18. The summed E-state index contributed by atoms with van der Waals surface area (Å²) in [6.45, 7) is 6.64. The molecular formula is C25H29N. The maximum Gasteiger partial charge on any atom is 0.0712 e. The standard InChI is InChI=1S/C25H29N/c1-4-12-25(13-5-6-14-25)22-8-7-9-24-21(22)10-11-23(26-24)20-16-18(2)15-19(3)17-20/h7-11,15-17H,4-6,12-14H2,1-3H3. The zero-order valence-electron chi connectivity index (χ0n) is 16.3. The van der Waals surface area contributed by atoms with E-state index in [0.717, 1.165) is 11.2 Å². The lowest BCUT2D eigenvalue weighted by atomic mass is 9.74. The Morgan fingerprint density at radius 3 is 2.35 bits per heavy atom. The molecule has 1 saturated carbocycles. The van der Waals surface area contributed by atoms with Gasteiger partial charge in [0.25, 0.3) is 0 Å². The summed E-state index contributed by atoms with van der Waals surface area (Å²) in [5.74, 6) is 0. The number of hydrogen-bond acceptors (Lipinski definition) is 1. The monoisotopic (exact) mass is 343 g/mol. The first-order chi connectivity index (χ1) is 12.6. The molecule has 0 unspecified atom stereocenters. The van der Waals surface area contributed by atoms with Gasteiger partial charge in [-0.15, -0.1) is 0 Å². The number of nitrogens with zero attached hydrogens (tertiary/aromatic N) is 1. The third kappa shape index (κ3) is 3.05. The van der Waals surface area contributed by atoms with Crippen LogP contribution in [0.3, 0.4) is 0 Å². The predicted molar refractivity (Wildman–Crippen MR) is 112 cm³/mol. The molecule has 0 amide bonds. The molecule has 1 fully saturated rings. The van der Waals surface area contributed by atoms with E-state index < -0.39 is 0 Å². The van der Waals surface area contributed by atoms with Crippen molar-refractivity contribution in [2.24, 2.45) is 0 Å². The van der Waals surface area contributed by atoms with Crippen LogP contribution in [0.5, 0.6) is 0 Å². The lowest BCUT2D eigenvalue weighted by Crippen LogP contribution is -2.22. The van der Waals surface area contributed by atoms with Crippen LogP contribution in [0.25, 0.3) is 22.2 Å². The Morgan fingerprint density at radius 1 is 0.923 bits per heavy atom. The molecule has 0 N–H and O–H groups in total. The van der Waals surface area contributed by atoms with Crippen LogP contribution in [-0.4, -0.2) is 4.98 Å². The van der Waals surface area contributed by atoms with Crippen molar-refractivity contribution in [3.05, 3.63) is 65.2 Å². The van der Waals surface area contributed by atoms with Gasteiger partial charge in [0.1, 0.15) is 0 Å². The lowest BCUT2D eigenvalue weighted by Gasteiger charge is -2.30. The summed E-state index contributed by atoms with van der Waals surface area (Å²) in [5.41, 5.74) is 7.94. The molecule has 134 valence electrons. The number of fused-ring (bicyclic) bond motifs is 1. The average molecular weight is 344 g/mol. The van der Waals surface area contributed by atoms with E-state index in [1.165, 1.54) is 66.2 Å². The molecule has 0 aliphatic heterocycles. The third-order valence-corrected chi connectivity index (χ3v) is 6.11. The zero-order chi connectivity index (χ0) is 18.1. The van der Waals surface area contributed by atoms with E-state index in [0.29, 0.717) is 5.41 Å². The first-order valence-corrected chi connectivity index (χ1v) is 10.1. The molecule has 1 aromatic heterocycles. The van der Waals surface area contributed by atoms with Gasteiger partial charge in [-0.25, -0.2) is 4.98 Å². The van der Waals surface area contributed by atoms with Crippen molar-refractivity contribution in [2.45, 2.75) is 64.7 Å². The largest absolute Gasteiger partial charge is 0.248 e. The Labute approximate surface area is 157 Å². The van der Waals surface area contributed by atoms with Gasteiger partial charge in [-0.2, -0.15) is 0 Å². The van der Waals surface area contributed by atoms with Crippen LogP contribution in [0.2, 0.25) is 0 Å².